The van der Waals surface area contributed by atoms with E-state index in [-0.39, 0.29) is 24.4 Å². The third-order valence-corrected chi connectivity index (χ3v) is 3.86. The molecule has 1 aliphatic rings. The number of carbonyl (C=O) groups is 3. The van der Waals surface area contributed by atoms with E-state index in [9.17, 15) is 14.4 Å². The fourth-order valence-corrected chi connectivity index (χ4v) is 2.50. The van der Waals surface area contributed by atoms with Gasteiger partial charge in [0.25, 0.3) is 0 Å². The van der Waals surface area contributed by atoms with Crippen LogP contribution in [-0.4, -0.2) is 65.0 Å². The summed E-state index contributed by atoms with van der Waals surface area (Å²) in [6, 6.07) is -1.26. The maximum absolute atomic E-state index is 12.3. The maximum Gasteiger partial charge on any atom is 0.318 e. The monoisotopic (exact) mass is 299 g/mol. The Labute approximate surface area is 125 Å². The normalized spacial score (nSPS) is 19.8. The third-order valence-electron chi connectivity index (χ3n) is 3.86. The lowest BCUT2D eigenvalue weighted by atomic mass is 10.00. The number of hydrogen-bond donors (Lipinski definition) is 2. The van der Waals surface area contributed by atoms with Gasteiger partial charge < -0.3 is 20.2 Å². The molecule has 0 aromatic heterocycles. The van der Waals surface area contributed by atoms with Gasteiger partial charge in [-0.1, -0.05) is 0 Å². The van der Waals surface area contributed by atoms with E-state index in [2.05, 4.69) is 5.32 Å². The van der Waals surface area contributed by atoms with Crippen molar-refractivity contribution in [2.45, 2.75) is 51.6 Å². The first-order valence-electron chi connectivity index (χ1n) is 7.40. The molecule has 1 fully saturated rings. The van der Waals surface area contributed by atoms with Gasteiger partial charge in [-0.2, -0.15) is 0 Å². The van der Waals surface area contributed by atoms with Gasteiger partial charge in [-0.25, -0.2) is 4.79 Å². The summed E-state index contributed by atoms with van der Waals surface area (Å²) in [6.07, 6.45) is 2.43. The molecule has 21 heavy (non-hydrogen) atoms. The summed E-state index contributed by atoms with van der Waals surface area (Å²) in [5.41, 5.74) is 0. The Bertz CT molecular complexity index is 400. The summed E-state index contributed by atoms with van der Waals surface area (Å²) >= 11 is 0. The topological polar surface area (TPSA) is 90.0 Å². The van der Waals surface area contributed by atoms with Gasteiger partial charge in [0.1, 0.15) is 6.04 Å². The molecular weight excluding hydrogens is 274 g/mol. The van der Waals surface area contributed by atoms with Crippen molar-refractivity contribution in [1.82, 2.24) is 15.1 Å². The summed E-state index contributed by atoms with van der Waals surface area (Å²) in [7, 11) is 1.68. The van der Waals surface area contributed by atoms with E-state index in [0.717, 1.165) is 12.8 Å². The fraction of sp³-hybridized carbons (Fsp3) is 0.786. The number of rotatable bonds is 5. The van der Waals surface area contributed by atoms with Crippen molar-refractivity contribution < 1.29 is 19.5 Å². The van der Waals surface area contributed by atoms with Gasteiger partial charge in [0.05, 0.1) is 6.42 Å². The van der Waals surface area contributed by atoms with Crippen LogP contribution in [-0.2, 0) is 9.59 Å². The molecular formula is C14H25N3O4. The van der Waals surface area contributed by atoms with Crippen LogP contribution < -0.4 is 5.32 Å². The molecule has 1 heterocycles. The number of likely N-dealkylation sites (tertiary alicyclic amines) is 1. The van der Waals surface area contributed by atoms with E-state index in [1.807, 2.05) is 6.92 Å². The number of likely N-dealkylation sites (N-methyl/N-ethyl adjacent to an activating group) is 1. The highest BCUT2D eigenvalue weighted by Crippen LogP contribution is 2.19. The van der Waals surface area contributed by atoms with Crippen LogP contribution in [0.4, 0.5) is 4.79 Å². The van der Waals surface area contributed by atoms with E-state index in [0.29, 0.717) is 19.5 Å². The summed E-state index contributed by atoms with van der Waals surface area (Å²) in [6.45, 7) is 4.61. The zero-order valence-corrected chi connectivity index (χ0v) is 13.0. The predicted octanol–water partition coefficient (Wildman–Crippen LogP) is 0.892. The predicted molar refractivity (Wildman–Crippen MR) is 77.9 cm³/mol. The van der Waals surface area contributed by atoms with Crippen molar-refractivity contribution in [3.8, 4) is 0 Å². The SMILES string of the molecule is CCN(C)C(=O)C(C)NC(=O)N1CCCCC1CC(=O)O. The Morgan fingerprint density at radius 2 is 2.05 bits per heavy atom. The average molecular weight is 299 g/mol. The van der Waals surface area contributed by atoms with Crippen molar-refractivity contribution in [3.63, 3.8) is 0 Å². The quantitative estimate of drug-likeness (QED) is 0.789. The molecule has 2 N–H and O–H groups in total. The van der Waals surface area contributed by atoms with Crippen molar-refractivity contribution in [1.29, 1.82) is 0 Å². The van der Waals surface area contributed by atoms with Gasteiger partial charge in [0.15, 0.2) is 0 Å². The van der Waals surface area contributed by atoms with Gasteiger partial charge in [0.2, 0.25) is 5.91 Å². The molecule has 3 amide bonds. The summed E-state index contributed by atoms with van der Waals surface area (Å²) < 4.78 is 0. The second-order valence-corrected chi connectivity index (χ2v) is 5.46. The number of amides is 3. The Balaban J connectivity index is 2.63. The number of carboxylic acids is 1. The molecule has 0 saturated carbocycles. The van der Waals surface area contributed by atoms with Crippen molar-refractivity contribution >= 4 is 17.9 Å². The number of carboxylic acid groups (broad SMARTS) is 1. The zero-order chi connectivity index (χ0) is 16.0. The minimum atomic E-state index is -0.908. The number of aliphatic carboxylic acids is 1. The molecule has 0 radical (unpaired) electrons. The minimum absolute atomic E-state index is 0.0510. The standard InChI is InChI=1S/C14H25N3O4/c1-4-16(3)13(20)10(2)15-14(21)17-8-6-5-7-11(17)9-12(18)19/h10-11H,4-9H2,1-3H3,(H,15,21)(H,18,19). The van der Waals surface area contributed by atoms with E-state index < -0.39 is 12.0 Å². The van der Waals surface area contributed by atoms with Gasteiger partial charge in [0, 0.05) is 26.2 Å². The van der Waals surface area contributed by atoms with Gasteiger partial charge in [-0.3, -0.25) is 9.59 Å². The highest BCUT2D eigenvalue weighted by atomic mass is 16.4. The summed E-state index contributed by atoms with van der Waals surface area (Å²) in [5.74, 6) is -1.06. The largest absolute Gasteiger partial charge is 0.481 e. The number of nitrogens with zero attached hydrogens (tertiary/aromatic N) is 2. The molecule has 0 bridgehead atoms. The van der Waals surface area contributed by atoms with Crippen molar-refractivity contribution in [2.24, 2.45) is 0 Å². The van der Waals surface area contributed by atoms with Crippen LogP contribution in [0.15, 0.2) is 0 Å². The highest BCUT2D eigenvalue weighted by Gasteiger charge is 2.30. The van der Waals surface area contributed by atoms with Gasteiger partial charge >= 0.3 is 12.0 Å². The molecule has 0 spiro atoms. The number of urea groups is 1. The fourth-order valence-electron chi connectivity index (χ4n) is 2.50. The van der Waals surface area contributed by atoms with Gasteiger partial charge in [-0.15, -0.1) is 0 Å². The van der Waals surface area contributed by atoms with E-state index in [1.54, 1.807) is 18.9 Å². The minimum Gasteiger partial charge on any atom is -0.481 e. The summed E-state index contributed by atoms with van der Waals surface area (Å²) in [4.78, 5) is 38.2. The second-order valence-electron chi connectivity index (χ2n) is 5.46. The number of nitrogens with one attached hydrogen (secondary N) is 1. The lowest BCUT2D eigenvalue weighted by molar-refractivity contribution is -0.138. The molecule has 0 aliphatic carbocycles. The molecule has 120 valence electrons. The van der Waals surface area contributed by atoms with Crippen LogP contribution in [0.2, 0.25) is 0 Å². The van der Waals surface area contributed by atoms with E-state index in [4.69, 9.17) is 5.11 Å². The zero-order valence-electron chi connectivity index (χ0n) is 13.0. The molecule has 1 aliphatic heterocycles. The average Bonchev–Trinajstić information content (AvgIpc) is 2.45. The Kier molecular flexibility index (Phi) is 6.45. The second kappa shape index (κ2) is 7.85. The molecule has 7 nitrogen and oxygen atoms in total. The maximum atomic E-state index is 12.3. The molecule has 1 rings (SSSR count). The number of hydrogen-bond acceptors (Lipinski definition) is 3. The smallest absolute Gasteiger partial charge is 0.318 e. The molecule has 2 unspecified atom stereocenters. The molecule has 7 heteroatoms. The first-order chi connectivity index (χ1) is 9.86. The first-order valence-corrected chi connectivity index (χ1v) is 7.40. The van der Waals surface area contributed by atoms with E-state index >= 15 is 0 Å². The van der Waals surface area contributed by atoms with Crippen LogP contribution in [0.5, 0.6) is 0 Å². The highest BCUT2D eigenvalue weighted by molar-refractivity contribution is 5.86. The van der Waals surface area contributed by atoms with Crippen LogP contribution >= 0.6 is 0 Å². The first kappa shape index (κ1) is 17.3. The van der Waals surface area contributed by atoms with E-state index in [1.165, 1.54) is 4.90 Å². The molecule has 1 saturated heterocycles. The van der Waals surface area contributed by atoms with Crippen molar-refractivity contribution in [3.05, 3.63) is 0 Å². The Morgan fingerprint density at radius 3 is 2.62 bits per heavy atom. The van der Waals surface area contributed by atoms with Crippen LogP contribution in [0.3, 0.4) is 0 Å². The lowest BCUT2D eigenvalue weighted by Crippen LogP contribution is -2.54. The molecule has 2 atom stereocenters. The molecule has 0 aromatic carbocycles. The van der Waals surface area contributed by atoms with Crippen molar-refractivity contribution in [2.75, 3.05) is 20.1 Å². The van der Waals surface area contributed by atoms with Crippen LogP contribution in [0, 0.1) is 0 Å². The number of piperidine rings is 1. The Morgan fingerprint density at radius 1 is 1.38 bits per heavy atom. The molecule has 0 aromatic rings. The van der Waals surface area contributed by atoms with Crippen LogP contribution in [0.25, 0.3) is 0 Å². The van der Waals surface area contributed by atoms with Crippen LogP contribution in [0.1, 0.15) is 39.5 Å². The lowest BCUT2D eigenvalue weighted by Gasteiger charge is -2.35. The Hall–Kier alpha value is -1.79. The van der Waals surface area contributed by atoms with Gasteiger partial charge in [-0.05, 0) is 33.1 Å². The number of carbonyl (C=O) groups excluding carboxylic acids is 2. The third kappa shape index (κ3) is 4.91. The summed E-state index contributed by atoms with van der Waals surface area (Å²) in [5, 5.41) is 11.6.